The number of nitrogens with zero attached hydrogens (tertiary/aromatic N) is 1. The van der Waals surface area contributed by atoms with Crippen molar-refractivity contribution in [1.82, 2.24) is 5.43 Å². The number of carbonyl (C=O) groups is 2. The Morgan fingerprint density at radius 2 is 1.81 bits per heavy atom. The topological polar surface area (TPSA) is 88.9 Å². The number of ether oxygens (including phenoxy) is 1. The van der Waals surface area contributed by atoms with Crippen LogP contribution in [0, 0.1) is 0 Å². The fraction of sp³-hybridized carbons (Fsp3) is 0.0500. The van der Waals surface area contributed by atoms with E-state index in [4.69, 9.17) is 9.15 Å². The molecule has 7 nitrogen and oxygen atoms in total. The fourth-order valence-electron chi connectivity index (χ4n) is 2.88. The molecule has 0 saturated carbocycles. The van der Waals surface area contributed by atoms with Gasteiger partial charge in [0.2, 0.25) is 0 Å². The summed E-state index contributed by atoms with van der Waals surface area (Å²) in [5.41, 5.74) is 2.91. The molecule has 0 radical (unpaired) electrons. The van der Waals surface area contributed by atoms with Crippen molar-refractivity contribution < 1.29 is 18.7 Å². The summed E-state index contributed by atoms with van der Waals surface area (Å²) >= 11 is 0. The summed E-state index contributed by atoms with van der Waals surface area (Å²) in [6.07, 6.45) is 2.46. The lowest BCUT2D eigenvalue weighted by Crippen LogP contribution is -2.35. The van der Waals surface area contributed by atoms with Gasteiger partial charge in [-0.15, -0.1) is 0 Å². The van der Waals surface area contributed by atoms with Gasteiger partial charge in [-0.1, -0.05) is 24.3 Å². The van der Waals surface area contributed by atoms with Gasteiger partial charge in [-0.05, 0) is 30.3 Å². The third kappa shape index (κ3) is 2.75. The SMILES string of the molecule is COc1cccc2c(=O)c(C=C3C(=O)NN(c4ccccc4)C3=O)coc12. The number of hydrazine groups is 1. The summed E-state index contributed by atoms with van der Waals surface area (Å²) in [6, 6.07) is 13.6. The van der Waals surface area contributed by atoms with E-state index in [1.807, 2.05) is 0 Å². The summed E-state index contributed by atoms with van der Waals surface area (Å²) in [5.74, 6) is -0.709. The largest absolute Gasteiger partial charge is 0.493 e. The monoisotopic (exact) mass is 362 g/mol. The maximum atomic E-state index is 12.7. The number of carbonyl (C=O) groups excluding carboxylic acids is 2. The van der Waals surface area contributed by atoms with E-state index in [9.17, 15) is 14.4 Å². The van der Waals surface area contributed by atoms with Crippen molar-refractivity contribution in [2.45, 2.75) is 0 Å². The van der Waals surface area contributed by atoms with Crippen molar-refractivity contribution in [2.24, 2.45) is 0 Å². The van der Waals surface area contributed by atoms with Gasteiger partial charge in [-0.3, -0.25) is 19.8 Å². The number of benzene rings is 2. The van der Waals surface area contributed by atoms with Gasteiger partial charge in [0, 0.05) is 0 Å². The van der Waals surface area contributed by atoms with E-state index >= 15 is 0 Å². The summed E-state index contributed by atoms with van der Waals surface area (Å²) < 4.78 is 10.7. The predicted molar refractivity (Wildman–Crippen MR) is 99.1 cm³/mol. The summed E-state index contributed by atoms with van der Waals surface area (Å²) in [7, 11) is 1.48. The molecule has 2 amide bonds. The quantitative estimate of drug-likeness (QED) is 0.570. The minimum absolute atomic E-state index is 0.101. The molecular formula is C20H14N2O5. The van der Waals surface area contributed by atoms with Crippen LogP contribution in [0.5, 0.6) is 5.75 Å². The van der Waals surface area contributed by atoms with Gasteiger partial charge in [-0.2, -0.15) is 0 Å². The lowest BCUT2D eigenvalue weighted by atomic mass is 10.1. The first-order valence-corrected chi connectivity index (χ1v) is 8.11. The Hall–Kier alpha value is -3.87. The molecular weight excluding hydrogens is 348 g/mol. The van der Waals surface area contributed by atoms with Crippen LogP contribution < -0.4 is 20.6 Å². The van der Waals surface area contributed by atoms with Gasteiger partial charge in [0.25, 0.3) is 11.8 Å². The Morgan fingerprint density at radius 3 is 2.56 bits per heavy atom. The Bertz CT molecular complexity index is 1150. The Labute approximate surface area is 153 Å². The molecule has 1 aliphatic heterocycles. The van der Waals surface area contributed by atoms with Crippen LogP contribution >= 0.6 is 0 Å². The van der Waals surface area contributed by atoms with E-state index in [1.54, 1.807) is 48.5 Å². The molecule has 134 valence electrons. The van der Waals surface area contributed by atoms with E-state index < -0.39 is 11.8 Å². The molecule has 0 aliphatic carbocycles. The number of methoxy groups -OCH3 is 1. The maximum Gasteiger partial charge on any atom is 0.282 e. The molecule has 7 heteroatoms. The molecule has 0 unspecified atom stereocenters. The van der Waals surface area contributed by atoms with Gasteiger partial charge >= 0.3 is 0 Å². The van der Waals surface area contributed by atoms with Crippen molar-refractivity contribution >= 4 is 34.5 Å². The van der Waals surface area contributed by atoms with Gasteiger partial charge in [-0.25, -0.2) is 5.01 Å². The van der Waals surface area contributed by atoms with E-state index in [1.165, 1.54) is 19.4 Å². The van der Waals surface area contributed by atoms with E-state index in [2.05, 4.69) is 5.43 Å². The van der Waals surface area contributed by atoms with Crippen molar-refractivity contribution in [1.29, 1.82) is 0 Å². The molecule has 0 atom stereocenters. The summed E-state index contributed by atoms with van der Waals surface area (Å²) in [6.45, 7) is 0. The minimum atomic E-state index is -0.589. The Morgan fingerprint density at radius 1 is 1.04 bits per heavy atom. The Balaban J connectivity index is 1.78. The van der Waals surface area contributed by atoms with E-state index in [0.29, 0.717) is 22.4 Å². The third-order valence-corrected chi connectivity index (χ3v) is 4.22. The first-order chi connectivity index (χ1) is 13.1. The number of hydrogen-bond donors (Lipinski definition) is 1. The highest BCUT2D eigenvalue weighted by molar-refractivity contribution is 6.31. The number of nitrogens with one attached hydrogen (secondary N) is 1. The smallest absolute Gasteiger partial charge is 0.282 e. The Kier molecular flexibility index (Phi) is 3.97. The first kappa shape index (κ1) is 16.6. The molecule has 0 spiro atoms. The van der Waals surface area contributed by atoms with Crippen molar-refractivity contribution in [3.05, 3.63) is 76.2 Å². The van der Waals surface area contributed by atoms with E-state index in [0.717, 1.165) is 5.01 Å². The average molecular weight is 362 g/mol. The maximum absolute atomic E-state index is 12.7. The number of anilines is 1. The summed E-state index contributed by atoms with van der Waals surface area (Å²) in [4.78, 5) is 37.6. The first-order valence-electron chi connectivity index (χ1n) is 8.11. The van der Waals surface area contributed by atoms with Crippen LogP contribution in [0.15, 0.2) is 69.6 Å². The lowest BCUT2D eigenvalue weighted by molar-refractivity contribution is -0.117. The number of amides is 2. The van der Waals surface area contributed by atoms with Crippen molar-refractivity contribution in [2.75, 3.05) is 12.1 Å². The fourth-order valence-corrected chi connectivity index (χ4v) is 2.88. The van der Waals surface area contributed by atoms with Crippen LogP contribution in [-0.2, 0) is 9.59 Å². The highest BCUT2D eigenvalue weighted by Gasteiger charge is 2.34. The molecule has 3 aromatic rings. The molecule has 1 aliphatic rings. The van der Waals surface area contributed by atoms with Crippen LogP contribution in [0.2, 0.25) is 0 Å². The number of fused-ring (bicyclic) bond motifs is 1. The molecule has 1 N–H and O–H groups in total. The van der Waals surface area contributed by atoms with Crippen LogP contribution in [0.25, 0.3) is 17.0 Å². The predicted octanol–water partition coefficient (Wildman–Crippen LogP) is 2.26. The second-order valence-electron chi connectivity index (χ2n) is 5.83. The van der Waals surface area contributed by atoms with Gasteiger partial charge in [0.05, 0.1) is 23.7 Å². The number of para-hydroxylation sites is 2. The van der Waals surface area contributed by atoms with Crippen LogP contribution in [0.1, 0.15) is 5.56 Å². The molecule has 27 heavy (non-hydrogen) atoms. The van der Waals surface area contributed by atoms with Gasteiger partial charge in [0.1, 0.15) is 11.8 Å². The third-order valence-electron chi connectivity index (χ3n) is 4.22. The zero-order valence-corrected chi connectivity index (χ0v) is 14.3. The summed E-state index contributed by atoms with van der Waals surface area (Å²) in [5, 5.41) is 1.44. The second-order valence-corrected chi connectivity index (χ2v) is 5.83. The molecule has 1 saturated heterocycles. The van der Waals surface area contributed by atoms with E-state index in [-0.39, 0.29) is 16.6 Å². The number of rotatable bonds is 3. The van der Waals surface area contributed by atoms with Crippen LogP contribution in [0.3, 0.4) is 0 Å². The average Bonchev–Trinajstić information content (AvgIpc) is 2.98. The molecule has 1 aromatic heterocycles. The molecule has 0 bridgehead atoms. The van der Waals surface area contributed by atoms with Crippen LogP contribution in [0.4, 0.5) is 5.69 Å². The molecule has 2 aromatic carbocycles. The van der Waals surface area contributed by atoms with Crippen LogP contribution in [-0.4, -0.2) is 18.9 Å². The van der Waals surface area contributed by atoms with Crippen molar-refractivity contribution in [3.8, 4) is 5.75 Å². The van der Waals surface area contributed by atoms with Crippen molar-refractivity contribution in [3.63, 3.8) is 0 Å². The zero-order valence-electron chi connectivity index (χ0n) is 14.3. The normalized spacial score (nSPS) is 15.4. The second kappa shape index (κ2) is 6.45. The molecule has 2 heterocycles. The van der Waals surface area contributed by atoms with Gasteiger partial charge in [0.15, 0.2) is 16.8 Å². The molecule has 4 rings (SSSR count). The standard InChI is InChI=1S/C20H14N2O5/c1-26-16-9-5-8-14-17(23)12(11-27-18(14)16)10-15-19(24)21-22(20(15)25)13-6-3-2-4-7-13/h2-11H,1H3,(H,21,24). The number of hydrogen-bond acceptors (Lipinski definition) is 5. The minimum Gasteiger partial charge on any atom is -0.493 e. The highest BCUT2D eigenvalue weighted by atomic mass is 16.5. The highest BCUT2D eigenvalue weighted by Crippen LogP contribution is 2.25. The lowest BCUT2D eigenvalue weighted by Gasteiger charge is -2.13. The zero-order chi connectivity index (χ0) is 19.0. The van der Waals surface area contributed by atoms with Gasteiger partial charge < -0.3 is 9.15 Å². The molecule has 1 fully saturated rings.